The minimum Gasteiger partial charge on any atom is -0.497 e. The molecular weight excluding hydrogens is 310 g/mol. The number of amides is 2. The molecule has 0 saturated carbocycles. The zero-order valence-corrected chi connectivity index (χ0v) is 13.1. The lowest BCUT2D eigenvalue weighted by atomic mass is 10.3. The Morgan fingerprint density at radius 2 is 2.12 bits per heavy atom. The van der Waals surface area contributed by atoms with Crippen molar-refractivity contribution in [1.82, 2.24) is 19.5 Å². The van der Waals surface area contributed by atoms with E-state index in [1.54, 1.807) is 49.7 Å². The third-order valence-corrected chi connectivity index (χ3v) is 3.43. The van der Waals surface area contributed by atoms with Crippen LogP contribution in [-0.4, -0.2) is 33.9 Å². The number of nitrogens with one attached hydrogen (secondary N) is 2. The highest BCUT2D eigenvalue weighted by Gasteiger charge is 2.07. The third kappa shape index (κ3) is 3.37. The smallest absolute Gasteiger partial charge is 0.350 e. The van der Waals surface area contributed by atoms with Gasteiger partial charge >= 0.3 is 11.7 Å². The van der Waals surface area contributed by atoms with Gasteiger partial charge < -0.3 is 15.4 Å². The highest BCUT2D eigenvalue weighted by Crippen LogP contribution is 2.16. The van der Waals surface area contributed by atoms with Crippen molar-refractivity contribution in [3.63, 3.8) is 0 Å². The normalized spacial score (nSPS) is 10.5. The SMILES string of the molecule is COc1cccc(NC(=O)NCCn2nc3ccccn3c2=O)c1. The number of aromatic nitrogens is 3. The lowest BCUT2D eigenvalue weighted by molar-refractivity contribution is 0.251. The standard InChI is InChI=1S/C16H17N5O3/c1-24-13-6-4-5-12(11-13)18-15(22)17-8-10-21-16(23)20-9-3-2-7-14(20)19-21/h2-7,9,11H,8,10H2,1H3,(H2,17,18,22). The molecule has 3 aromatic rings. The number of ether oxygens (including phenoxy) is 1. The maximum atomic E-state index is 12.1. The maximum Gasteiger partial charge on any atom is 0.350 e. The van der Waals surface area contributed by atoms with E-state index in [0.29, 0.717) is 17.1 Å². The average molecular weight is 327 g/mol. The molecule has 1 aromatic carbocycles. The summed E-state index contributed by atoms with van der Waals surface area (Å²) in [6, 6.07) is 12.0. The number of hydrogen-bond acceptors (Lipinski definition) is 4. The molecule has 2 amide bonds. The molecule has 0 spiro atoms. The number of urea groups is 1. The minimum atomic E-state index is -0.361. The van der Waals surface area contributed by atoms with Crippen molar-refractivity contribution in [3.8, 4) is 5.75 Å². The van der Waals surface area contributed by atoms with Crippen LogP contribution in [0.3, 0.4) is 0 Å². The molecule has 2 aromatic heterocycles. The highest BCUT2D eigenvalue weighted by molar-refractivity contribution is 5.89. The predicted octanol–water partition coefficient (Wildman–Crippen LogP) is 1.33. The molecule has 8 nitrogen and oxygen atoms in total. The largest absolute Gasteiger partial charge is 0.497 e. The zero-order valence-electron chi connectivity index (χ0n) is 13.1. The van der Waals surface area contributed by atoms with Crippen molar-refractivity contribution in [2.45, 2.75) is 6.54 Å². The average Bonchev–Trinajstić information content (AvgIpc) is 2.91. The predicted molar refractivity (Wildman–Crippen MR) is 89.5 cm³/mol. The highest BCUT2D eigenvalue weighted by atomic mass is 16.5. The van der Waals surface area contributed by atoms with Gasteiger partial charge in [-0.05, 0) is 24.3 Å². The summed E-state index contributed by atoms with van der Waals surface area (Å²) in [6.45, 7) is 0.561. The van der Waals surface area contributed by atoms with E-state index in [4.69, 9.17) is 4.74 Å². The van der Waals surface area contributed by atoms with E-state index in [2.05, 4.69) is 15.7 Å². The zero-order chi connectivity index (χ0) is 16.9. The molecule has 0 saturated heterocycles. The Hall–Kier alpha value is -3.29. The van der Waals surface area contributed by atoms with Crippen LogP contribution in [0.5, 0.6) is 5.75 Å². The molecule has 0 atom stereocenters. The Labute approximate surface area is 137 Å². The van der Waals surface area contributed by atoms with Gasteiger partial charge in [-0.15, -0.1) is 5.10 Å². The van der Waals surface area contributed by atoms with Crippen LogP contribution in [-0.2, 0) is 6.54 Å². The van der Waals surface area contributed by atoms with Crippen molar-refractivity contribution < 1.29 is 9.53 Å². The van der Waals surface area contributed by atoms with Crippen LogP contribution in [0, 0.1) is 0 Å². The number of hydrogen-bond donors (Lipinski definition) is 2. The second-order valence-corrected chi connectivity index (χ2v) is 5.05. The van der Waals surface area contributed by atoms with Crippen LogP contribution in [0.4, 0.5) is 10.5 Å². The second kappa shape index (κ2) is 6.86. The van der Waals surface area contributed by atoms with Crippen molar-refractivity contribution in [1.29, 1.82) is 0 Å². The van der Waals surface area contributed by atoms with Crippen LogP contribution in [0.25, 0.3) is 5.65 Å². The molecule has 2 heterocycles. The number of pyridine rings is 1. The molecule has 0 unspecified atom stereocenters. The Kier molecular flexibility index (Phi) is 4.46. The van der Waals surface area contributed by atoms with Gasteiger partial charge in [-0.3, -0.25) is 4.40 Å². The molecule has 2 N–H and O–H groups in total. The molecule has 3 rings (SSSR count). The summed E-state index contributed by atoms with van der Waals surface area (Å²) in [5.41, 5.74) is 0.959. The Bertz CT molecular complexity index is 915. The topological polar surface area (TPSA) is 89.7 Å². The van der Waals surface area contributed by atoms with Gasteiger partial charge in [-0.2, -0.15) is 0 Å². The number of fused-ring (bicyclic) bond motifs is 1. The molecule has 124 valence electrons. The first-order valence-corrected chi connectivity index (χ1v) is 7.40. The molecular formula is C16H17N5O3. The van der Waals surface area contributed by atoms with Crippen molar-refractivity contribution in [2.75, 3.05) is 19.0 Å². The minimum absolute atomic E-state index is 0.236. The fraction of sp³-hybridized carbons (Fsp3) is 0.188. The first-order valence-electron chi connectivity index (χ1n) is 7.40. The van der Waals surface area contributed by atoms with Crippen molar-refractivity contribution >= 4 is 17.4 Å². The number of methoxy groups -OCH3 is 1. The summed E-state index contributed by atoms with van der Waals surface area (Å²) in [7, 11) is 1.56. The van der Waals surface area contributed by atoms with E-state index in [1.807, 2.05) is 6.07 Å². The third-order valence-electron chi connectivity index (χ3n) is 3.43. The van der Waals surface area contributed by atoms with E-state index in [0.717, 1.165) is 0 Å². The number of carbonyl (C=O) groups excluding carboxylic acids is 1. The summed E-state index contributed by atoms with van der Waals surface area (Å²) < 4.78 is 7.87. The monoisotopic (exact) mass is 327 g/mol. The van der Waals surface area contributed by atoms with Crippen LogP contribution in [0.1, 0.15) is 0 Å². The number of anilines is 1. The Morgan fingerprint density at radius 3 is 2.92 bits per heavy atom. The molecule has 24 heavy (non-hydrogen) atoms. The van der Waals surface area contributed by atoms with Gasteiger partial charge in [-0.1, -0.05) is 12.1 Å². The number of rotatable bonds is 5. The van der Waals surface area contributed by atoms with E-state index >= 15 is 0 Å². The lowest BCUT2D eigenvalue weighted by Crippen LogP contribution is -2.34. The van der Waals surface area contributed by atoms with E-state index in [9.17, 15) is 9.59 Å². The summed E-state index contributed by atoms with van der Waals surface area (Å²) in [6.07, 6.45) is 1.66. The van der Waals surface area contributed by atoms with E-state index < -0.39 is 0 Å². The van der Waals surface area contributed by atoms with Gasteiger partial charge in [0.15, 0.2) is 5.65 Å². The first-order chi connectivity index (χ1) is 11.7. The molecule has 0 bridgehead atoms. The number of carbonyl (C=O) groups is 1. The van der Waals surface area contributed by atoms with Gasteiger partial charge in [0.25, 0.3) is 0 Å². The fourth-order valence-electron chi connectivity index (χ4n) is 2.27. The van der Waals surface area contributed by atoms with Gasteiger partial charge in [0.1, 0.15) is 5.75 Å². The fourth-order valence-corrected chi connectivity index (χ4v) is 2.27. The van der Waals surface area contributed by atoms with Crippen LogP contribution >= 0.6 is 0 Å². The summed E-state index contributed by atoms with van der Waals surface area (Å²) in [5, 5.41) is 9.58. The van der Waals surface area contributed by atoms with E-state index in [-0.39, 0.29) is 24.8 Å². The van der Waals surface area contributed by atoms with Crippen LogP contribution in [0.2, 0.25) is 0 Å². The number of benzene rings is 1. The lowest BCUT2D eigenvalue weighted by Gasteiger charge is -2.08. The first kappa shape index (κ1) is 15.6. The van der Waals surface area contributed by atoms with Gasteiger partial charge in [0.05, 0.1) is 13.7 Å². The van der Waals surface area contributed by atoms with Crippen LogP contribution in [0.15, 0.2) is 53.5 Å². The maximum absolute atomic E-state index is 12.1. The summed E-state index contributed by atoms with van der Waals surface area (Å²) in [5.74, 6) is 0.657. The van der Waals surface area contributed by atoms with Crippen LogP contribution < -0.4 is 21.1 Å². The summed E-state index contributed by atoms with van der Waals surface area (Å²) in [4.78, 5) is 24.0. The van der Waals surface area contributed by atoms with Crippen molar-refractivity contribution in [2.24, 2.45) is 0 Å². The quantitative estimate of drug-likeness (QED) is 0.740. The number of nitrogens with zero attached hydrogens (tertiary/aromatic N) is 3. The molecule has 0 aliphatic heterocycles. The van der Waals surface area contributed by atoms with Gasteiger partial charge in [0, 0.05) is 24.5 Å². The Morgan fingerprint density at radius 1 is 1.25 bits per heavy atom. The summed E-state index contributed by atoms with van der Waals surface area (Å²) >= 11 is 0. The van der Waals surface area contributed by atoms with Crippen molar-refractivity contribution in [3.05, 3.63) is 59.1 Å². The molecule has 0 aliphatic rings. The molecule has 8 heteroatoms. The molecule has 0 aliphatic carbocycles. The molecule has 0 fully saturated rings. The van der Waals surface area contributed by atoms with Gasteiger partial charge in [-0.25, -0.2) is 14.3 Å². The Balaban J connectivity index is 1.56. The second-order valence-electron chi connectivity index (χ2n) is 5.05. The van der Waals surface area contributed by atoms with Gasteiger partial charge in [0.2, 0.25) is 0 Å². The van der Waals surface area contributed by atoms with E-state index in [1.165, 1.54) is 9.08 Å². The molecule has 0 radical (unpaired) electrons.